The predicted molar refractivity (Wildman–Crippen MR) is 99.6 cm³/mol. The number of nitrogens with zero attached hydrogens (tertiary/aromatic N) is 2. The first-order valence-corrected chi connectivity index (χ1v) is 8.35. The number of amides is 1. The van der Waals surface area contributed by atoms with Crippen molar-refractivity contribution < 1.29 is 14.6 Å². The van der Waals surface area contributed by atoms with Gasteiger partial charge in [0, 0.05) is 18.3 Å². The molecular weight excluding hydrogens is 330 g/mol. The van der Waals surface area contributed by atoms with Crippen molar-refractivity contribution in [3.8, 4) is 22.7 Å². The maximum Gasteiger partial charge on any atom is 0.255 e. The van der Waals surface area contributed by atoms with Crippen LogP contribution in [0, 0.1) is 0 Å². The van der Waals surface area contributed by atoms with Crippen LogP contribution in [-0.2, 0) is 0 Å². The number of para-hydroxylation sites is 2. The van der Waals surface area contributed by atoms with E-state index in [4.69, 9.17) is 4.74 Å². The number of carbonyl (C=O) groups excluding carboxylic acids is 1. The summed E-state index contributed by atoms with van der Waals surface area (Å²) in [6.45, 7) is 1.79. The number of aliphatic hydroxyl groups is 1. The lowest BCUT2D eigenvalue weighted by Gasteiger charge is -2.09. The molecular formula is C20H21N3O3. The van der Waals surface area contributed by atoms with Gasteiger partial charge in [0.25, 0.3) is 5.91 Å². The van der Waals surface area contributed by atoms with E-state index in [9.17, 15) is 9.90 Å². The van der Waals surface area contributed by atoms with E-state index >= 15 is 0 Å². The fraction of sp³-hybridized carbons (Fsp3) is 0.200. The summed E-state index contributed by atoms with van der Waals surface area (Å²) in [4.78, 5) is 12.7. The van der Waals surface area contributed by atoms with Crippen molar-refractivity contribution in [3.05, 3.63) is 66.4 Å². The molecule has 134 valence electrons. The standard InChI is InChI=1S/C20H21N3O3/c1-14(24)12-21-20(25)17-13-23(15-8-4-3-5-9-15)22-19(17)16-10-6-7-11-18(16)26-2/h3-11,13-14,24H,12H2,1-2H3,(H,21,25). The molecule has 6 heteroatoms. The van der Waals surface area contributed by atoms with Crippen LogP contribution in [0.3, 0.4) is 0 Å². The predicted octanol–water partition coefficient (Wildman–Crippen LogP) is 2.66. The Kier molecular flexibility index (Phi) is 5.34. The van der Waals surface area contributed by atoms with E-state index in [1.54, 1.807) is 24.9 Å². The zero-order valence-electron chi connectivity index (χ0n) is 14.7. The van der Waals surface area contributed by atoms with E-state index in [0.29, 0.717) is 17.0 Å². The highest BCUT2D eigenvalue weighted by Gasteiger charge is 2.21. The molecule has 2 N–H and O–H groups in total. The minimum Gasteiger partial charge on any atom is -0.496 e. The first kappa shape index (κ1) is 17.7. The number of benzene rings is 2. The van der Waals surface area contributed by atoms with Gasteiger partial charge >= 0.3 is 0 Å². The molecule has 1 amide bonds. The van der Waals surface area contributed by atoms with Gasteiger partial charge in [-0.15, -0.1) is 0 Å². The van der Waals surface area contributed by atoms with Gasteiger partial charge < -0.3 is 15.2 Å². The Morgan fingerprint density at radius 1 is 1.19 bits per heavy atom. The van der Waals surface area contributed by atoms with E-state index in [0.717, 1.165) is 11.3 Å². The largest absolute Gasteiger partial charge is 0.496 e. The molecule has 0 radical (unpaired) electrons. The summed E-state index contributed by atoms with van der Waals surface area (Å²) in [6.07, 6.45) is 1.06. The third kappa shape index (κ3) is 3.75. The lowest BCUT2D eigenvalue weighted by Crippen LogP contribution is -2.30. The molecule has 0 saturated heterocycles. The molecule has 1 unspecified atom stereocenters. The molecule has 3 aromatic rings. The van der Waals surface area contributed by atoms with Crippen molar-refractivity contribution >= 4 is 5.91 Å². The van der Waals surface area contributed by atoms with Crippen LogP contribution in [-0.4, -0.2) is 40.6 Å². The normalized spacial score (nSPS) is 11.8. The molecule has 0 aliphatic rings. The Morgan fingerprint density at radius 2 is 1.88 bits per heavy atom. The molecule has 0 saturated carbocycles. The van der Waals surface area contributed by atoms with Crippen LogP contribution < -0.4 is 10.1 Å². The second-order valence-electron chi connectivity index (χ2n) is 5.93. The summed E-state index contributed by atoms with van der Waals surface area (Å²) in [5.74, 6) is 0.337. The van der Waals surface area contributed by atoms with Gasteiger partial charge in [0.1, 0.15) is 11.4 Å². The van der Waals surface area contributed by atoms with Crippen LogP contribution >= 0.6 is 0 Å². The molecule has 0 bridgehead atoms. The topological polar surface area (TPSA) is 76.4 Å². The van der Waals surface area contributed by atoms with E-state index in [1.807, 2.05) is 54.6 Å². The number of aromatic nitrogens is 2. The van der Waals surface area contributed by atoms with Crippen LogP contribution in [0.2, 0.25) is 0 Å². The molecule has 1 aromatic heterocycles. The highest BCUT2D eigenvalue weighted by molar-refractivity contribution is 6.00. The lowest BCUT2D eigenvalue weighted by molar-refractivity contribution is 0.0924. The van der Waals surface area contributed by atoms with Gasteiger partial charge in [-0.1, -0.05) is 30.3 Å². The summed E-state index contributed by atoms with van der Waals surface area (Å²) in [7, 11) is 1.58. The number of nitrogens with one attached hydrogen (secondary N) is 1. The molecule has 1 heterocycles. The minimum absolute atomic E-state index is 0.167. The smallest absolute Gasteiger partial charge is 0.255 e. The fourth-order valence-electron chi connectivity index (χ4n) is 2.63. The van der Waals surface area contributed by atoms with Crippen molar-refractivity contribution in [2.45, 2.75) is 13.0 Å². The van der Waals surface area contributed by atoms with Crippen molar-refractivity contribution in [2.24, 2.45) is 0 Å². The molecule has 26 heavy (non-hydrogen) atoms. The van der Waals surface area contributed by atoms with Gasteiger partial charge in [-0.3, -0.25) is 4.79 Å². The summed E-state index contributed by atoms with van der Waals surface area (Å²) in [5.41, 5.74) is 2.51. The maximum atomic E-state index is 12.7. The number of aliphatic hydroxyl groups excluding tert-OH is 1. The van der Waals surface area contributed by atoms with Gasteiger partial charge in [-0.05, 0) is 31.2 Å². The molecule has 0 aliphatic heterocycles. The fourth-order valence-corrected chi connectivity index (χ4v) is 2.63. The van der Waals surface area contributed by atoms with Crippen molar-refractivity contribution in [3.63, 3.8) is 0 Å². The van der Waals surface area contributed by atoms with Crippen molar-refractivity contribution in [2.75, 3.05) is 13.7 Å². The maximum absolute atomic E-state index is 12.7. The Labute approximate surface area is 152 Å². The van der Waals surface area contributed by atoms with Crippen molar-refractivity contribution in [1.29, 1.82) is 0 Å². The second-order valence-corrected chi connectivity index (χ2v) is 5.93. The summed E-state index contributed by atoms with van der Waals surface area (Å²) >= 11 is 0. The van der Waals surface area contributed by atoms with Crippen LogP contribution in [0.5, 0.6) is 5.75 Å². The molecule has 0 aliphatic carbocycles. The number of hydrogen-bond donors (Lipinski definition) is 2. The zero-order chi connectivity index (χ0) is 18.5. The lowest BCUT2D eigenvalue weighted by atomic mass is 10.1. The average Bonchev–Trinajstić information content (AvgIpc) is 3.12. The first-order chi connectivity index (χ1) is 12.6. The van der Waals surface area contributed by atoms with Crippen LogP contribution in [0.4, 0.5) is 0 Å². The van der Waals surface area contributed by atoms with Crippen molar-refractivity contribution in [1.82, 2.24) is 15.1 Å². The third-order valence-corrected chi connectivity index (χ3v) is 3.90. The zero-order valence-corrected chi connectivity index (χ0v) is 14.7. The van der Waals surface area contributed by atoms with Crippen LogP contribution in [0.25, 0.3) is 16.9 Å². The number of methoxy groups -OCH3 is 1. The first-order valence-electron chi connectivity index (χ1n) is 8.35. The Hall–Kier alpha value is -3.12. The molecule has 2 aromatic carbocycles. The SMILES string of the molecule is COc1ccccc1-c1nn(-c2ccccc2)cc1C(=O)NCC(C)O. The number of hydrogen-bond acceptors (Lipinski definition) is 4. The highest BCUT2D eigenvalue weighted by Crippen LogP contribution is 2.31. The summed E-state index contributed by atoms with van der Waals surface area (Å²) in [5, 5.41) is 16.8. The van der Waals surface area contributed by atoms with E-state index in [2.05, 4.69) is 10.4 Å². The van der Waals surface area contributed by atoms with E-state index in [1.165, 1.54) is 0 Å². The Balaban J connectivity index is 2.09. The van der Waals surface area contributed by atoms with Gasteiger partial charge in [0.15, 0.2) is 0 Å². The summed E-state index contributed by atoms with van der Waals surface area (Å²) in [6, 6.07) is 17.0. The monoisotopic (exact) mass is 351 g/mol. The van der Waals surface area contributed by atoms with Gasteiger partial charge in [0.2, 0.25) is 0 Å². The minimum atomic E-state index is -0.627. The molecule has 0 fully saturated rings. The van der Waals surface area contributed by atoms with Crippen LogP contribution in [0.15, 0.2) is 60.8 Å². The van der Waals surface area contributed by atoms with Crippen LogP contribution in [0.1, 0.15) is 17.3 Å². The Morgan fingerprint density at radius 3 is 2.58 bits per heavy atom. The molecule has 3 rings (SSSR count). The Bertz CT molecular complexity index is 888. The van der Waals surface area contributed by atoms with Gasteiger partial charge in [0.05, 0.1) is 24.5 Å². The van der Waals surface area contributed by atoms with Gasteiger partial charge in [-0.25, -0.2) is 4.68 Å². The molecule has 1 atom stereocenters. The van der Waals surface area contributed by atoms with E-state index < -0.39 is 6.10 Å². The third-order valence-electron chi connectivity index (χ3n) is 3.90. The second kappa shape index (κ2) is 7.84. The molecule has 6 nitrogen and oxygen atoms in total. The van der Waals surface area contributed by atoms with Gasteiger partial charge in [-0.2, -0.15) is 5.10 Å². The average molecular weight is 351 g/mol. The molecule has 0 spiro atoms. The number of carbonyl (C=O) groups is 1. The highest BCUT2D eigenvalue weighted by atomic mass is 16.5. The van der Waals surface area contributed by atoms with E-state index in [-0.39, 0.29) is 12.5 Å². The number of rotatable bonds is 6. The number of ether oxygens (including phenoxy) is 1. The quantitative estimate of drug-likeness (QED) is 0.716. The summed E-state index contributed by atoms with van der Waals surface area (Å²) < 4.78 is 7.09.